The van der Waals surface area contributed by atoms with E-state index in [0.29, 0.717) is 11.2 Å². The van der Waals surface area contributed by atoms with E-state index in [-0.39, 0.29) is 23.3 Å². The van der Waals surface area contributed by atoms with Crippen molar-refractivity contribution >= 4 is 28.7 Å². The molecule has 144 valence electrons. The molecule has 0 fully saturated rings. The molecule has 4 rings (SSSR count). The van der Waals surface area contributed by atoms with Crippen LogP contribution < -0.4 is 10.2 Å². The van der Waals surface area contributed by atoms with Crippen LogP contribution >= 0.6 is 0 Å². The fourth-order valence-corrected chi connectivity index (χ4v) is 3.11. The minimum atomic E-state index is -0.378. The molecular formula is C23H20N4O2. The number of nitrogens with one attached hydrogen (secondary N) is 1. The molecule has 2 heterocycles. The molecule has 0 aliphatic rings. The van der Waals surface area contributed by atoms with E-state index >= 15 is 0 Å². The Morgan fingerprint density at radius 2 is 1.62 bits per heavy atom. The van der Waals surface area contributed by atoms with Gasteiger partial charge < -0.3 is 10.2 Å². The maximum Gasteiger partial charge on any atom is 0.292 e. The molecule has 0 spiro atoms. The molecule has 2 aromatic carbocycles. The number of para-hydroxylation sites is 1. The van der Waals surface area contributed by atoms with Gasteiger partial charge in [-0.25, -0.2) is 4.98 Å². The van der Waals surface area contributed by atoms with Gasteiger partial charge in [0.1, 0.15) is 0 Å². The number of hydrogen-bond donors (Lipinski definition) is 1. The molecule has 0 radical (unpaired) electrons. The summed E-state index contributed by atoms with van der Waals surface area (Å²) in [6.07, 6.45) is 1.73. The van der Waals surface area contributed by atoms with Crippen molar-refractivity contribution in [2.75, 3.05) is 17.3 Å². The second-order valence-electron chi connectivity index (χ2n) is 6.76. The molecule has 2 aromatic heterocycles. The number of nitrogens with zero attached hydrogens (tertiary/aromatic N) is 3. The first-order valence-electron chi connectivity index (χ1n) is 9.23. The molecule has 0 unspecified atom stereocenters. The average Bonchev–Trinajstić information content (AvgIpc) is 3.15. The fraction of sp³-hybridized carbons (Fsp3) is 0.0870. The van der Waals surface area contributed by atoms with E-state index in [1.807, 2.05) is 67.6 Å². The van der Waals surface area contributed by atoms with Gasteiger partial charge in [-0.3, -0.25) is 14.0 Å². The van der Waals surface area contributed by atoms with Gasteiger partial charge >= 0.3 is 0 Å². The molecule has 0 aliphatic heterocycles. The summed E-state index contributed by atoms with van der Waals surface area (Å²) < 4.78 is 1.63. The van der Waals surface area contributed by atoms with Crippen molar-refractivity contribution in [3.05, 3.63) is 96.1 Å². The number of rotatable bonds is 4. The lowest BCUT2D eigenvalue weighted by molar-refractivity contribution is 0.0990. The zero-order valence-electron chi connectivity index (χ0n) is 16.2. The number of pyridine rings is 1. The van der Waals surface area contributed by atoms with Crippen LogP contribution in [0.25, 0.3) is 5.52 Å². The van der Waals surface area contributed by atoms with Crippen molar-refractivity contribution in [2.45, 2.75) is 6.92 Å². The van der Waals surface area contributed by atoms with Crippen molar-refractivity contribution in [3.63, 3.8) is 0 Å². The lowest BCUT2D eigenvalue weighted by Gasteiger charge is -2.16. The van der Waals surface area contributed by atoms with Crippen molar-refractivity contribution in [1.29, 1.82) is 0 Å². The first-order valence-corrected chi connectivity index (χ1v) is 9.23. The third kappa shape index (κ3) is 3.60. The highest BCUT2D eigenvalue weighted by Gasteiger charge is 2.24. The molecule has 29 heavy (non-hydrogen) atoms. The molecule has 2 amide bonds. The van der Waals surface area contributed by atoms with Crippen molar-refractivity contribution in [2.24, 2.45) is 0 Å². The predicted molar refractivity (Wildman–Crippen MR) is 113 cm³/mol. The Hall–Kier alpha value is -3.93. The van der Waals surface area contributed by atoms with E-state index in [1.54, 1.807) is 29.8 Å². The third-order valence-corrected chi connectivity index (χ3v) is 4.71. The Balaban J connectivity index is 1.70. The molecule has 0 bridgehead atoms. The summed E-state index contributed by atoms with van der Waals surface area (Å²) in [6, 6.07) is 22.2. The first kappa shape index (κ1) is 18.4. The van der Waals surface area contributed by atoms with Gasteiger partial charge in [0.15, 0.2) is 5.69 Å². The topological polar surface area (TPSA) is 66.7 Å². The van der Waals surface area contributed by atoms with Gasteiger partial charge in [0.25, 0.3) is 11.8 Å². The lowest BCUT2D eigenvalue weighted by atomic mass is 10.2. The SMILES string of the molecule is Cc1ccc(NC(=O)c2nc(C(=O)N(C)c3ccccc3)c3ccccn23)cc1. The molecule has 4 aromatic rings. The van der Waals surface area contributed by atoms with Crippen LogP contribution in [0.4, 0.5) is 11.4 Å². The minimum Gasteiger partial charge on any atom is -0.319 e. The zero-order chi connectivity index (χ0) is 20.4. The molecule has 0 atom stereocenters. The highest BCUT2D eigenvalue weighted by Crippen LogP contribution is 2.20. The normalized spacial score (nSPS) is 10.7. The number of benzene rings is 2. The number of imidazole rings is 1. The van der Waals surface area contributed by atoms with Gasteiger partial charge in [0.2, 0.25) is 5.82 Å². The average molecular weight is 384 g/mol. The fourth-order valence-electron chi connectivity index (χ4n) is 3.11. The third-order valence-electron chi connectivity index (χ3n) is 4.71. The molecule has 0 saturated carbocycles. The Kier molecular flexibility index (Phi) is 4.83. The Bertz CT molecular complexity index is 1180. The van der Waals surface area contributed by atoms with Gasteiger partial charge in [-0.1, -0.05) is 42.0 Å². The van der Waals surface area contributed by atoms with E-state index in [2.05, 4.69) is 10.3 Å². The van der Waals surface area contributed by atoms with Gasteiger partial charge in [0.05, 0.1) is 5.52 Å². The summed E-state index contributed by atoms with van der Waals surface area (Å²) in [5.41, 5.74) is 3.33. The number of hydrogen-bond acceptors (Lipinski definition) is 3. The number of aromatic nitrogens is 2. The lowest BCUT2D eigenvalue weighted by Crippen LogP contribution is -2.26. The van der Waals surface area contributed by atoms with Crippen LogP contribution in [-0.4, -0.2) is 28.2 Å². The molecule has 0 aliphatic carbocycles. The van der Waals surface area contributed by atoms with Gasteiger partial charge in [0, 0.05) is 24.6 Å². The summed E-state index contributed by atoms with van der Waals surface area (Å²) in [6.45, 7) is 1.98. The summed E-state index contributed by atoms with van der Waals surface area (Å²) in [7, 11) is 1.69. The maximum absolute atomic E-state index is 13.1. The van der Waals surface area contributed by atoms with Crippen molar-refractivity contribution in [3.8, 4) is 0 Å². The Morgan fingerprint density at radius 3 is 2.34 bits per heavy atom. The van der Waals surface area contributed by atoms with Crippen molar-refractivity contribution < 1.29 is 9.59 Å². The Morgan fingerprint density at radius 1 is 0.931 bits per heavy atom. The monoisotopic (exact) mass is 384 g/mol. The van der Waals surface area contributed by atoms with Crippen LogP contribution in [0.1, 0.15) is 26.7 Å². The highest BCUT2D eigenvalue weighted by molar-refractivity contribution is 6.11. The van der Waals surface area contributed by atoms with Gasteiger partial charge in [-0.2, -0.15) is 0 Å². The molecule has 0 saturated heterocycles. The number of aryl methyl sites for hydroxylation is 1. The van der Waals surface area contributed by atoms with Gasteiger partial charge in [-0.15, -0.1) is 0 Å². The van der Waals surface area contributed by atoms with E-state index in [9.17, 15) is 9.59 Å². The second kappa shape index (κ2) is 7.59. The Labute approximate surface area is 168 Å². The van der Waals surface area contributed by atoms with E-state index in [0.717, 1.165) is 11.3 Å². The van der Waals surface area contributed by atoms with Crippen LogP contribution in [-0.2, 0) is 0 Å². The number of fused-ring (bicyclic) bond motifs is 1. The predicted octanol–water partition coefficient (Wildman–Crippen LogP) is 4.17. The highest BCUT2D eigenvalue weighted by atomic mass is 16.2. The molecule has 6 nitrogen and oxygen atoms in total. The number of amides is 2. The molecule has 1 N–H and O–H groups in total. The van der Waals surface area contributed by atoms with Crippen molar-refractivity contribution in [1.82, 2.24) is 9.38 Å². The second-order valence-corrected chi connectivity index (χ2v) is 6.76. The van der Waals surface area contributed by atoms with E-state index < -0.39 is 0 Å². The molecule has 6 heteroatoms. The largest absolute Gasteiger partial charge is 0.319 e. The summed E-state index contributed by atoms with van der Waals surface area (Å²) in [4.78, 5) is 31.9. The molecular weight excluding hydrogens is 364 g/mol. The maximum atomic E-state index is 13.1. The first-order chi connectivity index (χ1) is 14.0. The van der Waals surface area contributed by atoms with Crippen LogP contribution in [0.5, 0.6) is 0 Å². The smallest absolute Gasteiger partial charge is 0.292 e. The summed E-state index contributed by atoms with van der Waals surface area (Å²) >= 11 is 0. The minimum absolute atomic E-state index is 0.158. The quantitative estimate of drug-likeness (QED) is 0.574. The van der Waals surface area contributed by atoms with E-state index in [4.69, 9.17) is 0 Å². The summed E-state index contributed by atoms with van der Waals surface area (Å²) in [5, 5.41) is 2.84. The zero-order valence-corrected chi connectivity index (χ0v) is 16.2. The van der Waals surface area contributed by atoms with Crippen LogP contribution in [0.15, 0.2) is 79.0 Å². The van der Waals surface area contributed by atoms with Crippen LogP contribution in [0, 0.1) is 6.92 Å². The van der Waals surface area contributed by atoms with E-state index in [1.165, 1.54) is 4.90 Å². The number of carbonyl (C=O) groups excluding carboxylic acids is 2. The van der Waals surface area contributed by atoms with Crippen LogP contribution in [0.3, 0.4) is 0 Å². The number of anilines is 2. The standard InChI is InChI=1S/C23H20N4O2/c1-16-11-13-17(14-12-16)24-22(28)21-25-20(19-10-6-7-15-27(19)21)23(29)26(2)18-8-4-3-5-9-18/h3-15H,1-2H3,(H,24,28). The van der Waals surface area contributed by atoms with Crippen LogP contribution in [0.2, 0.25) is 0 Å². The number of carbonyl (C=O) groups is 2. The van der Waals surface area contributed by atoms with Gasteiger partial charge in [-0.05, 0) is 43.3 Å². The summed E-state index contributed by atoms with van der Waals surface area (Å²) in [5.74, 6) is -0.503.